The van der Waals surface area contributed by atoms with E-state index in [9.17, 15) is 34.5 Å². The van der Waals surface area contributed by atoms with Crippen LogP contribution < -0.4 is 5.32 Å². The van der Waals surface area contributed by atoms with Gasteiger partial charge in [-0.3, -0.25) is 9.59 Å². The SMILES string of the molecule is CC1(C)S[C@H]2N(C(=O)C2(NC(=O)Cc2ccc(O)c(O)c2)C(=O)OCC(Cl)(Cl)Cl)[C@H]1C(=O)O. The summed E-state index contributed by atoms with van der Waals surface area (Å²) in [5.74, 6) is -5.07. The molecule has 1 unspecified atom stereocenters. The number of phenolic OH excluding ortho intramolecular Hbond substituents is 2. The lowest BCUT2D eigenvalue weighted by Crippen LogP contribution is -2.83. The van der Waals surface area contributed by atoms with Gasteiger partial charge in [0.15, 0.2) is 11.5 Å². The number of halogens is 3. The fourth-order valence-corrected chi connectivity index (χ4v) is 5.65. The number of carboxylic acid groups (broad SMARTS) is 1. The van der Waals surface area contributed by atoms with Gasteiger partial charge in [0.25, 0.3) is 5.91 Å². The molecule has 14 heteroatoms. The minimum Gasteiger partial charge on any atom is -0.504 e. The lowest BCUT2D eigenvalue weighted by atomic mass is 9.84. The fraction of sp³-hybridized carbons (Fsp3) is 0.474. The van der Waals surface area contributed by atoms with Crippen LogP contribution in [0.5, 0.6) is 11.5 Å². The largest absolute Gasteiger partial charge is 0.504 e. The number of aliphatic carboxylic acids is 1. The standard InChI is InChI=1S/C19H19Cl3N2O8S/c1-17(2)12(13(28)29)24-14(30)19(15(24)33-17,16(31)32-7-18(20,21)22)23-11(27)6-8-3-4-9(25)10(26)5-8/h3-5,12,15,25-26H,6-7H2,1-2H3,(H,23,27)(H,28,29)/t12-,15+,19?/m0/s1. The Morgan fingerprint density at radius 3 is 2.39 bits per heavy atom. The molecular weight excluding hydrogens is 523 g/mol. The Morgan fingerprint density at radius 1 is 1.21 bits per heavy atom. The smallest absolute Gasteiger partial charge is 0.345 e. The summed E-state index contributed by atoms with van der Waals surface area (Å²) in [6.07, 6.45) is -0.371. The van der Waals surface area contributed by atoms with Crippen molar-refractivity contribution in [2.45, 2.75) is 45.8 Å². The molecular formula is C19H19Cl3N2O8S. The number of alkyl halides is 3. The van der Waals surface area contributed by atoms with Crippen molar-refractivity contribution in [1.82, 2.24) is 10.2 Å². The van der Waals surface area contributed by atoms with Crippen LogP contribution in [0.15, 0.2) is 18.2 Å². The molecule has 10 nitrogen and oxygen atoms in total. The third-order valence-corrected chi connectivity index (χ3v) is 7.17. The van der Waals surface area contributed by atoms with E-state index in [1.165, 1.54) is 12.1 Å². The van der Waals surface area contributed by atoms with Crippen LogP contribution in [0.25, 0.3) is 0 Å². The summed E-state index contributed by atoms with van der Waals surface area (Å²) >= 11 is 17.9. The molecule has 3 rings (SSSR count). The highest BCUT2D eigenvalue weighted by atomic mass is 35.6. The highest BCUT2D eigenvalue weighted by Gasteiger charge is 2.76. The molecule has 1 aromatic carbocycles. The average molecular weight is 542 g/mol. The molecule has 2 aliphatic heterocycles. The van der Waals surface area contributed by atoms with E-state index in [-0.39, 0.29) is 17.7 Å². The molecule has 0 saturated carbocycles. The number of hydrogen-bond acceptors (Lipinski definition) is 8. The Labute approximate surface area is 207 Å². The lowest BCUT2D eigenvalue weighted by Gasteiger charge is -2.50. The second-order valence-corrected chi connectivity index (χ2v) is 12.3. The third-order valence-electron chi connectivity index (χ3n) is 5.21. The van der Waals surface area contributed by atoms with Crippen LogP contribution in [-0.4, -0.2) is 76.1 Å². The summed E-state index contributed by atoms with van der Waals surface area (Å²) in [7, 11) is 0. The molecule has 33 heavy (non-hydrogen) atoms. The third kappa shape index (κ3) is 4.64. The summed E-state index contributed by atoms with van der Waals surface area (Å²) in [6.45, 7) is 2.48. The van der Waals surface area contributed by atoms with Crippen LogP contribution in [-0.2, 0) is 30.3 Å². The number of ether oxygens (including phenoxy) is 1. The zero-order chi connectivity index (χ0) is 24.9. The minimum atomic E-state index is -2.24. The monoisotopic (exact) mass is 540 g/mol. The number of rotatable bonds is 6. The van der Waals surface area contributed by atoms with Crippen LogP contribution in [0, 0.1) is 0 Å². The molecule has 0 radical (unpaired) electrons. The number of esters is 1. The van der Waals surface area contributed by atoms with Gasteiger partial charge in [-0.2, -0.15) is 0 Å². The number of amides is 2. The number of fused-ring (bicyclic) bond motifs is 1. The first-order valence-corrected chi connectivity index (χ1v) is 11.4. The molecule has 0 aromatic heterocycles. The van der Waals surface area contributed by atoms with E-state index in [2.05, 4.69) is 5.32 Å². The molecule has 2 amide bonds. The van der Waals surface area contributed by atoms with E-state index in [0.717, 1.165) is 22.7 Å². The quantitative estimate of drug-likeness (QED) is 0.138. The molecule has 2 heterocycles. The predicted octanol–water partition coefficient (Wildman–Crippen LogP) is 1.56. The Balaban J connectivity index is 1.91. The van der Waals surface area contributed by atoms with Crippen molar-refractivity contribution in [3.63, 3.8) is 0 Å². The summed E-state index contributed by atoms with van der Waals surface area (Å²) in [5, 5.41) is 30.0. The number of benzene rings is 1. The first-order valence-electron chi connectivity index (χ1n) is 9.39. The van der Waals surface area contributed by atoms with E-state index in [1.54, 1.807) is 13.8 Å². The minimum absolute atomic E-state index is 0.277. The fourth-order valence-electron chi connectivity index (χ4n) is 3.80. The molecule has 4 N–H and O–H groups in total. The highest BCUT2D eigenvalue weighted by Crippen LogP contribution is 2.55. The Morgan fingerprint density at radius 2 is 1.85 bits per heavy atom. The van der Waals surface area contributed by atoms with Crippen molar-refractivity contribution in [2.24, 2.45) is 0 Å². The number of carbonyl (C=O) groups excluding carboxylic acids is 3. The van der Waals surface area contributed by atoms with Crippen molar-refractivity contribution in [1.29, 1.82) is 0 Å². The van der Waals surface area contributed by atoms with Crippen LogP contribution >= 0.6 is 46.6 Å². The van der Waals surface area contributed by atoms with Gasteiger partial charge in [0.05, 0.1) is 6.42 Å². The molecule has 1 aromatic rings. The second kappa shape index (κ2) is 8.61. The molecule has 2 aliphatic rings. The molecule has 0 bridgehead atoms. The first-order chi connectivity index (χ1) is 15.1. The number of thioether (sulfide) groups is 1. The van der Waals surface area contributed by atoms with Gasteiger partial charge < -0.3 is 30.3 Å². The van der Waals surface area contributed by atoms with Crippen LogP contribution in [0.2, 0.25) is 0 Å². The summed E-state index contributed by atoms with van der Waals surface area (Å²) in [5.41, 5.74) is -1.96. The van der Waals surface area contributed by atoms with Crippen LogP contribution in [0.4, 0.5) is 0 Å². The zero-order valence-electron chi connectivity index (χ0n) is 17.2. The number of hydrogen-bond donors (Lipinski definition) is 4. The Kier molecular flexibility index (Phi) is 6.66. The highest BCUT2D eigenvalue weighted by molar-refractivity contribution is 8.01. The van der Waals surface area contributed by atoms with Crippen molar-refractivity contribution < 1.29 is 39.2 Å². The second-order valence-electron chi connectivity index (χ2n) is 8.07. The summed E-state index contributed by atoms with van der Waals surface area (Å²) in [4.78, 5) is 51.8. The summed E-state index contributed by atoms with van der Waals surface area (Å²) < 4.78 is 2.04. The Bertz CT molecular complexity index is 1030. The molecule has 2 fully saturated rings. The normalized spacial score (nSPS) is 25.7. The number of aromatic hydroxyl groups is 2. The summed E-state index contributed by atoms with van der Waals surface area (Å²) in [6, 6.07) is 2.43. The number of nitrogens with one attached hydrogen (secondary N) is 1. The molecule has 0 aliphatic carbocycles. The van der Waals surface area contributed by atoms with Gasteiger partial charge in [0, 0.05) is 4.75 Å². The van der Waals surface area contributed by atoms with Crippen molar-refractivity contribution >= 4 is 70.3 Å². The molecule has 3 atom stereocenters. The van der Waals surface area contributed by atoms with Crippen molar-refractivity contribution in [3.8, 4) is 11.5 Å². The number of carboxylic acids is 1. The maximum absolute atomic E-state index is 13.2. The Hall–Kier alpha value is -2.08. The van der Waals surface area contributed by atoms with E-state index in [0.29, 0.717) is 0 Å². The van der Waals surface area contributed by atoms with Crippen LogP contribution in [0.3, 0.4) is 0 Å². The van der Waals surface area contributed by atoms with E-state index in [4.69, 9.17) is 39.5 Å². The lowest BCUT2D eigenvalue weighted by molar-refractivity contribution is -0.181. The molecule has 0 spiro atoms. The van der Waals surface area contributed by atoms with E-state index in [1.807, 2.05) is 0 Å². The first kappa shape index (κ1) is 25.5. The van der Waals surface area contributed by atoms with E-state index < -0.39 is 61.6 Å². The van der Waals surface area contributed by atoms with Gasteiger partial charge >= 0.3 is 11.9 Å². The van der Waals surface area contributed by atoms with Crippen molar-refractivity contribution in [3.05, 3.63) is 23.8 Å². The topological polar surface area (TPSA) is 153 Å². The number of carbonyl (C=O) groups is 4. The van der Waals surface area contributed by atoms with Gasteiger partial charge in [-0.1, -0.05) is 40.9 Å². The van der Waals surface area contributed by atoms with Gasteiger partial charge in [-0.05, 0) is 31.5 Å². The molecule has 2 saturated heterocycles. The zero-order valence-corrected chi connectivity index (χ0v) is 20.3. The van der Waals surface area contributed by atoms with Gasteiger partial charge in [-0.25, -0.2) is 9.59 Å². The van der Waals surface area contributed by atoms with E-state index >= 15 is 0 Å². The van der Waals surface area contributed by atoms with Crippen LogP contribution in [0.1, 0.15) is 19.4 Å². The average Bonchev–Trinajstić information content (AvgIpc) is 2.95. The number of β-lactam (4-membered cyclic amide) rings is 1. The maximum atomic E-state index is 13.2. The van der Waals surface area contributed by atoms with Gasteiger partial charge in [-0.15, -0.1) is 11.8 Å². The maximum Gasteiger partial charge on any atom is 0.345 e. The van der Waals surface area contributed by atoms with Crippen molar-refractivity contribution in [2.75, 3.05) is 6.61 Å². The number of phenols is 2. The molecule has 180 valence electrons. The number of nitrogens with zero attached hydrogens (tertiary/aromatic N) is 1. The predicted molar refractivity (Wildman–Crippen MR) is 119 cm³/mol. The van der Waals surface area contributed by atoms with Gasteiger partial charge in [0.2, 0.25) is 15.2 Å². The van der Waals surface area contributed by atoms with Gasteiger partial charge in [0.1, 0.15) is 18.0 Å².